The van der Waals surface area contributed by atoms with Crippen molar-refractivity contribution >= 4 is 48.3 Å². The highest BCUT2D eigenvalue weighted by Gasteiger charge is 2.19. The standard InChI is InChI=1S/C27H35ClN4S/c1-5-8-15-32(16-9-6-2)20-11-13-22-24(17-20)33(28)25-18-23(29-14-7-3)26-21(27(25)31-22)12-10-19(4)30-26/h10-13,17-18,29H,5-9,14-16H2,1-4H3. The quantitative estimate of drug-likeness (QED) is 0.300. The monoisotopic (exact) mass is 482 g/mol. The van der Waals surface area contributed by atoms with Crippen molar-refractivity contribution in [1.29, 1.82) is 0 Å². The number of anilines is 2. The third kappa shape index (κ3) is 5.04. The van der Waals surface area contributed by atoms with Gasteiger partial charge in [0.25, 0.3) is 0 Å². The molecule has 0 saturated heterocycles. The third-order valence-electron chi connectivity index (χ3n) is 6.11. The van der Waals surface area contributed by atoms with E-state index in [0.717, 1.165) is 68.8 Å². The molecule has 2 heterocycles. The summed E-state index contributed by atoms with van der Waals surface area (Å²) in [5, 5.41) is 5.61. The molecule has 33 heavy (non-hydrogen) atoms. The molecule has 0 fully saturated rings. The predicted octanol–water partition coefficient (Wildman–Crippen LogP) is 7.77. The Bertz CT molecular complexity index is 1260. The second-order valence-corrected chi connectivity index (χ2v) is 11.1. The summed E-state index contributed by atoms with van der Waals surface area (Å²) >= 11 is 0. The molecule has 0 bridgehead atoms. The van der Waals surface area contributed by atoms with Gasteiger partial charge >= 0.3 is 0 Å². The largest absolute Gasteiger partial charge is 0.383 e. The second-order valence-electron chi connectivity index (χ2n) is 8.76. The van der Waals surface area contributed by atoms with Crippen LogP contribution in [0.25, 0.3) is 10.9 Å². The molecule has 1 atom stereocenters. The Labute approximate surface area is 204 Å². The van der Waals surface area contributed by atoms with Crippen LogP contribution in [0.2, 0.25) is 0 Å². The number of nitrogens with zero attached hydrogens (tertiary/aromatic N) is 3. The maximum Gasteiger partial charge on any atom is 0.0958 e. The lowest BCUT2D eigenvalue weighted by molar-refractivity contribution is 0.678. The maximum absolute atomic E-state index is 7.20. The van der Waals surface area contributed by atoms with Crippen molar-refractivity contribution in [3.05, 3.63) is 52.0 Å². The first-order chi connectivity index (χ1) is 16.1. The Morgan fingerprint density at radius 3 is 2.42 bits per heavy atom. The maximum atomic E-state index is 7.20. The van der Waals surface area contributed by atoms with Crippen molar-refractivity contribution in [1.82, 2.24) is 4.98 Å². The summed E-state index contributed by atoms with van der Waals surface area (Å²) in [5.41, 5.74) is 5.26. The summed E-state index contributed by atoms with van der Waals surface area (Å²) in [6.45, 7) is 11.8. The van der Waals surface area contributed by atoms with Gasteiger partial charge in [-0.15, -0.1) is 0 Å². The number of benzene rings is 2. The number of unbranched alkanes of at least 4 members (excludes halogenated alkanes) is 2. The summed E-state index contributed by atoms with van der Waals surface area (Å²) < 4.78 is 1.13. The molecule has 3 aromatic rings. The summed E-state index contributed by atoms with van der Waals surface area (Å²) in [6, 6.07) is 13.0. The summed E-state index contributed by atoms with van der Waals surface area (Å²) in [5.74, 6) is 0. The zero-order valence-electron chi connectivity index (χ0n) is 20.2. The fraction of sp³-hybridized carbons (Fsp3) is 0.444. The molecule has 2 aromatic carbocycles. The Balaban J connectivity index is 1.86. The number of hydrogen-bond acceptors (Lipinski definition) is 4. The molecule has 176 valence electrons. The van der Waals surface area contributed by atoms with Crippen molar-refractivity contribution in [2.75, 3.05) is 29.9 Å². The van der Waals surface area contributed by atoms with E-state index in [0.29, 0.717) is 0 Å². The highest BCUT2D eigenvalue weighted by Crippen LogP contribution is 2.48. The molecule has 1 N–H and O–H groups in total. The highest BCUT2D eigenvalue weighted by atomic mass is 35.7. The Morgan fingerprint density at radius 1 is 0.970 bits per heavy atom. The lowest BCUT2D eigenvalue weighted by Crippen LogP contribution is -2.26. The van der Waals surface area contributed by atoms with Crippen LogP contribution in [0.15, 0.2) is 46.3 Å². The molecule has 4 rings (SSSR count). The normalized spacial score (nSPS) is 14.5. The molecule has 1 aliphatic heterocycles. The first-order valence-electron chi connectivity index (χ1n) is 12.3. The number of hydrogen-bond donors (Lipinski definition) is 1. The van der Waals surface area contributed by atoms with Crippen LogP contribution in [0.3, 0.4) is 0 Å². The number of fused-ring (bicyclic) bond motifs is 4. The minimum Gasteiger partial charge on any atom is -0.383 e. The molecule has 1 aliphatic rings. The number of rotatable bonds is 10. The van der Waals surface area contributed by atoms with Crippen LogP contribution in [0.5, 0.6) is 0 Å². The van der Waals surface area contributed by atoms with Crippen molar-refractivity contribution in [3.8, 4) is 0 Å². The van der Waals surface area contributed by atoms with E-state index in [1.165, 1.54) is 31.4 Å². The number of pyridine rings is 1. The van der Waals surface area contributed by atoms with E-state index in [9.17, 15) is 0 Å². The Morgan fingerprint density at radius 2 is 1.73 bits per heavy atom. The molecule has 4 nitrogen and oxygen atoms in total. The van der Waals surface area contributed by atoms with Gasteiger partial charge in [0.05, 0.1) is 22.2 Å². The first kappa shape index (κ1) is 24.0. The van der Waals surface area contributed by atoms with E-state index >= 15 is 0 Å². The molecule has 1 unspecified atom stereocenters. The van der Waals surface area contributed by atoms with Gasteiger partial charge < -0.3 is 10.2 Å². The van der Waals surface area contributed by atoms with E-state index in [1.54, 1.807) is 0 Å². The first-order valence-corrected chi connectivity index (χ1v) is 14.3. The van der Waals surface area contributed by atoms with Gasteiger partial charge in [-0.25, -0.2) is 4.99 Å². The molecule has 0 spiro atoms. The molecule has 6 heteroatoms. The minimum absolute atomic E-state index is 0.572. The smallest absolute Gasteiger partial charge is 0.0958 e. The van der Waals surface area contributed by atoms with Gasteiger partial charge in [0, 0.05) is 45.8 Å². The Kier molecular flexibility index (Phi) is 7.92. The predicted molar refractivity (Wildman–Crippen MR) is 145 cm³/mol. The SMILES string of the molecule is CCCCN(CCCC)c1ccc2c(c1)=S(Cl)c1cc(NCCC)c3nc(C)ccc3c1N=2. The van der Waals surface area contributed by atoms with E-state index in [-0.39, 0.29) is 0 Å². The average Bonchev–Trinajstić information content (AvgIpc) is 2.83. The van der Waals surface area contributed by atoms with Crippen molar-refractivity contribution < 1.29 is 0 Å². The van der Waals surface area contributed by atoms with E-state index < -0.39 is 9.70 Å². The van der Waals surface area contributed by atoms with Crippen LogP contribution in [0.4, 0.5) is 17.1 Å². The molecule has 1 aromatic heterocycles. The van der Waals surface area contributed by atoms with E-state index in [2.05, 4.69) is 67.4 Å². The molecular formula is C27H35ClN4S. The van der Waals surface area contributed by atoms with Gasteiger partial charge in [-0.2, -0.15) is 0 Å². The lowest BCUT2D eigenvalue weighted by Gasteiger charge is -2.25. The van der Waals surface area contributed by atoms with Crippen LogP contribution in [-0.4, -0.2) is 24.6 Å². The number of halogens is 1. The number of nitrogens with one attached hydrogen (secondary N) is 1. The molecule has 0 aliphatic carbocycles. The highest BCUT2D eigenvalue weighted by molar-refractivity contribution is 8.29. The van der Waals surface area contributed by atoms with Crippen LogP contribution >= 0.6 is 20.4 Å². The van der Waals surface area contributed by atoms with Gasteiger partial charge in [0.15, 0.2) is 0 Å². The van der Waals surface area contributed by atoms with Crippen LogP contribution in [-0.2, 0) is 0 Å². The lowest BCUT2D eigenvalue weighted by atomic mass is 10.1. The van der Waals surface area contributed by atoms with Crippen LogP contribution in [0, 0.1) is 11.4 Å². The fourth-order valence-corrected chi connectivity index (χ4v) is 6.27. The van der Waals surface area contributed by atoms with Gasteiger partial charge in [-0.05, 0) is 73.3 Å². The second kappa shape index (κ2) is 10.9. The van der Waals surface area contributed by atoms with Gasteiger partial charge in [-0.3, -0.25) is 4.98 Å². The minimum atomic E-state index is -0.572. The average molecular weight is 483 g/mol. The molecular weight excluding hydrogens is 448 g/mol. The number of aryl methyl sites for hydroxylation is 1. The molecule has 0 amide bonds. The van der Waals surface area contributed by atoms with Crippen LogP contribution in [0.1, 0.15) is 58.6 Å². The molecule has 0 radical (unpaired) electrons. The van der Waals surface area contributed by atoms with Crippen LogP contribution < -0.4 is 15.6 Å². The third-order valence-corrected chi connectivity index (χ3v) is 8.52. The number of aromatic nitrogens is 1. The fourth-order valence-electron chi connectivity index (χ4n) is 4.24. The van der Waals surface area contributed by atoms with Gasteiger partial charge in [-0.1, -0.05) is 43.3 Å². The zero-order chi connectivity index (χ0) is 23.4. The van der Waals surface area contributed by atoms with Gasteiger partial charge in [0.1, 0.15) is 0 Å². The van der Waals surface area contributed by atoms with Gasteiger partial charge in [0.2, 0.25) is 0 Å². The summed E-state index contributed by atoms with van der Waals surface area (Å²) in [4.78, 5) is 13.5. The van der Waals surface area contributed by atoms with Crippen molar-refractivity contribution in [2.24, 2.45) is 4.99 Å². The molecule has 0 saturated carbocycles. The van der Waals surface area contributed by atoms with E-state index in [4.69, 9.17) is 20.7 Å². The topological polar surface area (TPSA) is 40.5 Å². The summed E-state index contributed by atoms with van der Waals surface area (Å²) in [7, 11) is 6.63. The zero-order valence-corrected chi connectivity index (χ0v) is 21.8. The van der Waals surface area contributed by atoms with Crippen molar-refractivity contribution in [2.45, 2.75) is 64.7 Å². The Hall–Kier alpha value is -2.11. The van der Waals surface area contributed by atoms with E-state index in [1.807, 2.05) is 6.92 Å². The summed E-state index contributed by atoms with van der Waals surface area (Å²) in [6.07, 6.45) is 5.85. The van der Waals surface area contributed by atoms with Crippen molar-refractivity contribution in [3.63, 3.8) is 0 Å².